The van der Waals surface area contributed by atoms with E-state index in [0.717, 1.165) is 12.8 Å². The van der Waals surface area contributed by atoms with Crippen LogP contribution in [0.3, 0.4) is 0 Å². The molecule has 92 valence electrons. The quantitative estimate of drug-likeness (QED) is 0.821. The zero-order valence-corrected chi connectivity index (χ0v) is 10.1. The van der Waals surface area contributed by atoms with Crippen LogP contribution in [0.25, 0.3) is 0 Å². The number of hydrogen-bond acceptors (Lipinski definition) is 2. The van der Waals surface area contributed by atoms with E-state index in [2.05, 4.69) is 23.5 Å². The lowest BCUT2D eigenvalue weighted by Crippen LogP contribution is -2.30. The van der Waals surface area contributed by atoms with E-state index in [1.807, 2.05) is 13.0 Å². The summed E-state index contributed by atoms with van der Waals surface area (Å²) in [5, 5.41) is 12.4. The second kappa shape index (κ2) is 5.32. The highest BCUT2D eigenvalue weighted by Crippen LogP contribution is 2.30. The molecule has 0 saturated heterocycles. The number of benzene rings is 1. The van der Waals surface area contributed by atoms with Crippen molar-refractivity contribution in [1.82, 2.24) is 5.32 Å². The number of carbonyl (C=O) groups is 1. The summed E-state index contributed by atoms with van der Waals surface area (Å²) in [7, 11) is 0. The van der Waals surface area contributed by atoms with Crippen molar-refractivity contribution in [2.24, 2.45) is 5.92 Å². The number of carboxylic acids is 1. The van der Waals surface area contributed by atoms with Gasteiger partial charge in [-0.1, -0.05) is 31.2 Å². The molecule has 0 spiro atoms. The molecule has 0 amide bonds. The van der Waals surface area contributed by atoms with Crippen LogP contribution in [0.15, 0.2) is 24.3 Å². The molecule has 0 fully saturated rings. The van der Waals surface area contributed by atoms with Gasteiger partial charge in [0.05, 0.1) is 5.92 Å². The Labute approximate surface area is 102 Å². The largest absolute Gasteiger partial charge is 0.481 e. The molecule has 0 heterocycles. The maximum absolute atomic E-state index is 10.9. The number of aliphatic carboxylic acids is 1. The number of aryl methyl sites for hydroxylation is 1. The number of carboxylic acid groups (broad SMARTS) is 1. The fourth-order valence-electron chi connectivity index (χ4n) is 2.46. The summed E-state index contributed by atoms with van der Waals surface area (Å²) in [5.41, 5.74) is 2.74. The fraction of sp³-hybridized carbons (Fsp3) is 0.500. The first-order valence-electron chi connectivity index (χ1n) is 6.26. The predicted molar refractivity (Wildman–Crippen MR) is 66.9 cm³/mol. The van der Waals surface area contributed by atoms with Crippen molar-refractivity contribution in [2.75, 3.05) is 6.54 Å². The molecule has 1 aromatic rings. The van der Waals surface area contributed by atoms with Crippen molar-refractivity contribution in [3.8, 4) is 0 Å². The van der Waals surface area contributed by atoms with Crippen LogP contribution >= 0.6 is 0 Å². The molecular formula is C14H19NO2. The minimum Gasteiger partial charge on any atom is -0.481 e. The molecule has 3 nitrogen and oxygen atoms in total. The summed E-state index contributed by atoms with van der Waals surface area (Å²) >= 11 is 0. The average Bonchev–Trinajstić information content (AvgIpc) is 2.73. The Bertz CT molecular complexity index is 403. The molecule has 0 radical (unpaired) electrons. The highest BCUT2D eigenvalue weighted by Gasteiger charge is 2.23. The molecule has 0 saturated carbocycles. The average molecular weight is 233 g/mol. The van der Waals surface area contributed by atoms with Crippen LogP contribution in [0.5, 0.6) is 0 Å². The predicted octanol–water partition coefficient (Wildman–Crippen LogP) is 2.37. The van der Waals surface area contributed by atoms with Crippen LogP contribution < -0.4 is 5.32 Å². The Morgan fingerprint density at radius 2 is 2.29 bits per heavy atom. The third-order valence-electron chi connectivity index (χ3n) is 3.59. The topological polar surface area (TPSA) is 49.3 Å². The summed E-state index contributed by atoms with van der Waals surface area (Å²) < 4.78 is 0. The molecule has 2 unspecified atom stereocenters. The molecule has 2 rings (SSSR count). The van der Waals surface area contributed by atoms with Gasteiger partial charge < -0.3 is 10.4 Å². The monoisotopic (exact) mass is 233 g/mol. The van der Waals surface area contributed by atoms with Crippen molar-refractivity contribution in [3.05, 3.63) is 35.4 Å². The van der Waals surface area contributed by atoms with Crippen LogP contribution in [0, 0.1) is 5.92 Å². The van der Waals surface area contributed by atoms with E-state index < -0.39 is 5.97 Å². The van der Waals surface area contributed by atoms with E-state index in [4.69, 9.17) is 5.11 Å². The van der Waals surface area contributed by atoms with Gasteiger partial charge in [0.1, 0.15) is 0 Å². The molecule has 3 heteroatoms. The van der Waals surface area contributed by atoms with E-state index in [-0.39, 0.29) is 5.92 Å². The molecular weight excluding hydrogens is 214 g/mol. The van der Waals surface area contributed by atoms with Gasteiger partial charge in [-0.15, -0.1) is 0 Å². The molecule has 2 N–H and O–H groups in total. The van der Waals surface area contributed by atoms with Gasteiger partial charge in [-0.3, -0.25) is 4.79 Å². The van der Waals surface area contributed by atoms with Crippen LogP contribution in [0.4, 0.5) is 0 Å². The summed E-state index contributed by atoms with van der Waals surface area (Å²) in [6, 6.07) is 8.74. The molecule has 17 heavy (non-hydrogen) atoms. The van der Waals surface area contributed by atoms with Crippen molar-refractivity contribution in [3.63, 3.8) is 0 Å². The summed E-state index contributed by atoms with van der Waals surface area (Å²) in [6.07, 6.45) is 2.85. The van der Waals surface area contributed by atoms with Gasteiger partial charge in [-0.05, 0) is 30.4 Å². The van der Waals surface area contributed by atoms with Gasteiger partial charge in [-0.25, -0.2) is 0 Å². The van der Waals surface area contributed by atoms with E-state index in [1.54, 1.807) is 0 Å². The molecule has 0 aromatic heterocycles. The third-order valence-corrected chi connectivity index (χ3v) is 3.59. The third kappa shape index (κ3) is 2.67. The maximum atomic E-state index is 10.9. The molecule has 0 bridgehead atoms. The standard InChI is InChI=1S/C14H19NO2/c1-2-10(14(16)17)9-15-13-8-7-11-5-3-4-6-12(11)13/h3-6,10,13,15H,2,7-9H2,1H3,(H,16,17). The van der Waals surface area contributed by atoms with Gasteiger partial charge in [0, 0.05) is 12.6 Å². The lowest BCUT2D eigenvalue weighted by molar-refractivity contribution is -0.141. The second-order valence-corrected chi connectivity index (χ2v) is 4.64. The van der Waals surface area contributed by atoms with Gasteiger partial charge in [0.15, 0.2) is 0 Å². The van der Waals surface area contributed by atoms with Gasteiger partial charge >= 0.3 is 5.97 Å². The Morgan fingerprint density at radius 1 is 1.53 bits per heavy atom. The molecule has 1 aliphatic carbocycles. The number of hydrogen-bond donors (Lipinski definition) is 2. The minimum atomic E-state index is -0.703. The van der Waals surface area contributed by atoms with E-state index in [9.17, 15) is 4.79 Å². The Balaban J connectivity index is 1.96. The van der Waals surface area contributed by atoms with Crippen LogP contribution in [-0.4, -0.2) is 17.6 Å². The van der Waals surface area contributed by atoms with Crippen LogP contribution in [0.2, 0.25) is 0 Å². The summed E-state index contributed by atoms with van der Waals surface area (Å²) in [6.45, 7) is 2.48. The van der Waals surface area contributed by atoms with Crippen molar-refractivity contribution >= 4 is 5.97 Å². The lowest BCUT2D eigenvalue weighted by atomic mass is 10.0. The SMILES string of the molecule is CCC(CNC1CCc2ccccc21)C(=O)O. The van der Waals surface area contributed by atoms with E-state index in [1.165, 1.54) is 11.1 Å². The summed E-state index contributed by atoms with van der Waals surface area (Å²) in [4.78, 5) is 10.9. The normalized spacial score (nSPS) is 19.9. The zero-order chi connectivity index (χ0) is 12.3. The fourth-order valence-corrected chi connectivity index (χ4v) is 2.46. The highest BCUT2D eigenvalue weighted by atomic mass is 16.4. The number of nitrogens with one attached hydrogen (secondary N) is 1. The van der Waals surface area contributed by atoms with Crippen molar-refractivity contribution < 1.29 is 9.90 Å². The number of rotatable bonds is 5. The van der Waals surface area contributed by atoms with Crippen LogP contribution in [0.1, 0.15) is 36.9 Å². The lowest BCUT2D eigenvalue weighted by Gasteiger charge is -2.17. The first-order chi connectivity index (χ1) is 8.22. The van der Waals surface area contributed by atoms with Gasteiger partial charge in [0.2, 0.25) is 0 Å². The molecule has 1 aliphatic rings. The minimum absolute atomic E-state index is 0.275. The van der Waals surface area contributed by atoms with Crippen molar-refractivity contribution in [1.29, 1.82) is 0 Å². The molecule has 0 aliphatic heterocycles. The Kier molecular flexibility index (Phi) is 3.79. The maximum Gasteiger partial charge on any atom is 0.307 e. The second-order valence-electron chi connectivity index (χ2n) is 4.64. The van der Waals surface area contributed by atoms with Crippen molar-refractivity contribution in [2.45, 2.75) is 32.2 Å². The highest BCUT2D eigenvalue weighted by molar-refractivity contribution is 5.70. The Hall–Kier alpha value is -1.35. The summed E-state index contributed by atoms with van der Waals surface area (Å²) in [5.74, 6) is -0.978. The first kappa shape index (κ1) is 12.1. The zero-order valence-electron chi connectivity index (χ0n) is 10.1. The number of fused-ring (bicyclic) bond motifs is 1. The van der Waals surface area contributed by atoms with Gasteiger partial charge in [-0.2, -0.15) is 0 Å². The van der Waals surface area contributed by atoms with E-state index in [0.29, 0.717) is 19.0 Å². The van der Waals surface area contributed by atoms with Gasteiger partial charge in [0.25, 0.3) is 0 Å². The van der Waals surface area contributed by atoms with Crippen LogP contribution in [-0.2, 0) is 11.2 Å². The Morgan fingerprint density at radius 3 is 3.00 bits per heavy atom. The van der Waals surface area contributed by atoms with E-state index >= 15 is 0 Å². The smallest absolute Gasteiger partial charge is 0.307 e. The first-order valence-corrected chi connectivity index (χ1v) is 6.26. The molecule has 2 atom stereocenters. The molecule has 1 aromatic carbocycles.